The van der Waals surface area contributed by atoms with Crippen molar-refractivity contribution >= 4 is 0 Å². The fraction of sp³-hybridized carbons (Fsp3) is 0.385. The second-order valence-electron chi connectivity index (χ2n) is 4.29. The molecule has 2 rings (SSSR count). The van der Waals surface area contributed by atoms with Crippen molar-refractivity contribution in [1.82, 2.24) is 15.0 Å². The minimum absolute atomic E-state index is 0.0242. The molecule has 0 aliphatic carbocycles. The van der Waals surface area contributed by atoms with Gasteiger partial charge in [-0.25, -0.2) is 4.68 Å². The molecule has 0 aliphatic rings. The number of rotatable bonds is 6. The lowest BCUT2D eigenvalue weighted by molar-refractivity contribution is -0.145. The monoisotopic (exact) mass is 317 g/mol. The average Bonchev–Trinajstić information content (AvgIpc) is 2.91. The first-order chi connectivity index (χ1) is 10.5. The Balaban J connectivity index is 2.01. The molecule has 9 heteroatoms. The van der Waals surface area contributed by atoms with Crippen molar-refractivity contribution in [1.29, 1.82) is 0 Å². The Kier molecular flexibility index (Phi) is 4.86. The van der Waals surface area contributed by atoms with Crippen molar-refractivity contribution in [2.45, 2.75) is 19.3 Å². The van der Waals surface area contributed by atoms with Crippen LogP contribution in [0.5, 0.6) is 11.5 Å². The summed E-state index contributed by atoms with van der Waals surface area (Å²) in [6.07, 6.45) is -4.64. The summed E-state index contributed by atoms with van der Waals surface area (Å²) in [7, 11) is 1.53. The van der Waals surface area contributed by atoms with Gasteiger partial charge in [-0.1, -0.05) is 5.21 Å². The molecule has 2 aromatic rings. The molecular weight excluding hydrogens is 303 g/mol. The summed E-state index contributed by atoms with van der Waals surface area (Å²) in [5.41, 5.74) is -1.56. The van der Waals surface area contributed by atoms with E-state index in [9.17, 15) is 13.2 Å². The van der Waals surface area contributed by atoms with Crippen molar-refractivity contribution in [3.63, 3.8) is 0 Å². The van der Waals surface area contributed by atoms with Gasteiger partial charge in [0, 0.05) is 0 Å². The van der Waals surface area contributed by atoms with Crippen LogP contribution < -0.4 is 9.47 Å². The topological polar surface area (TPSA) is 69.4 Å². The highest BCUT2D eigenvalue weighted by Gasteiger charge is 2.39. The third-order valence-electron chi connectivity index (χ3n) is 2.85. The number of alkyl halides is 3. The predicted molar refractivity (Wildman–Crippen MR) is 69.4 cm³/mol. The molecule has 0 spiro atoms. The molecule has 22 heavy (non-hydrogen) atoms. The van der Waals surface area contributed by atoms with Crippen LogP contribution in [0.3, 0.4) is 0 Å². The molecule has 0 bridgehead atoms. The number of methoxy groups -OCH3 is 1. The minimum atomic E-state index is -4.64. The third-order valence-corrected chi connectivity index (χ3v) is 2.85. The molecular formula is C13H14F3N3O3. The number of halogens is 3. The van der Waals surface area contributed by atoms with E-state index in [-0.39, 0.29) is 13.2 Å². The SMILES string of the molecule is COc1ccc(OCCn2nnc(CO)c2C(F)(F)F)cc1. The number of nitrogens with zero attached hydrogens (tertiary/aromatic N) is 3. The second kappa shape index (κ2) is 6.65. The van der Waals surface area contributed by atoms with Gasteiger partial charge in [-0.15, -0.1) is 5.10 Å². The molecule has 1 aromatic heterocycles. The van der Waals surface area contributed by atoms with Crippen LogP contribution in [0.15, 0.2) is 24.3 Å². The number of aromatic nitrogens is 3. The molecule has 120 valence electrons. The summed E-state index contributed by atoms with van der Waals surface area (Å²) in [5.74, 6) is 1.15. The van der Waals surface area contributed by atoms with Gasteiger partial charge >= 0.3 is 6.18 Å². The van der Waals surface area contributed by atoms with E-state index in [1.54, 1.807) is 24.3 Å². The van der Waals surface area contributed by atoms with Crippen LogP contribution in [-0.4, -0.2) is 33.8 Å². The van der Waals surface area contributed by atoms with Crippen LogP contribution in [0, 0.1) is 0 Å². The van der Waals surface area contributed by atoms with Gasteiger partial charge in [-0.2, -0.15) is 13.2 Å². The highest BCUT2D eigenvalue weighted by molar-refractivity contribution is 5.31. The molecule has 0 saturated carbocycles. The Morgan fingerprint density at radius 1 is 1.18 bits per heavy atom. The van der Waals surface area contributed by atoms with E-state index in [0.717, 1.165) is 0 Å². The van der Waals surface area contributed by atoms with Crippen molar-refractivity contribution in [3.05, 3.63) is 35.7 Å². The normalized spacial score (nSPS) is 11.5. The third kappa shape index (κ3) is 3.67. The lowest BCUT2D eigenvalue weighted by Gasteiger charge is -2.11. The van der Waals surface area contributed by atoms with Crippen LogP contribution in [-0.2, 0) is 19.3 Å². The number of ether oxygens (including phenoxy) is 2. The second-order valence-corrected chi connectivity index (χ2v) is 4.29. The Morgan fingerprint density at radius 3 is 2.36 bits per heavy atom. The molecule has 0 aliphatic heterocycles. The van der Waals surface area contributed by atoms with Gasteiger partial charge in [0.05, 0.1) is 20.3 Å². The van der Waals surface area contributed by atoms with E-state index >= 15 is 0 Å². The van der Waals surface area contributed by atoms with Crippen molar-refractivity contribution in [2.75, 3.05) is 13.7 Å². The molecule has 1 heterocycles. The molecule has 0 unspecified atom stereocenters. The molecule has 0 fully saturated rings. The van der Waals surface area contributed by atoms with Gasteiger partial charge in [0.15, 0.2) is 5.69 Å². The zero-order valence-corrected chi connectivity index (χ0v) is 11.7. The van der Waals surface area contributed by atoms with Crippen molar-refractivity contribution < 1.29 is 27.8 Å². The maximum atomic E-state index is 12.9. The van der Waals surface area contributed by atoms with Crippen LogP contribution in [0.1, 0.15) is 11.4 Å². The fourth-order valence-electron chi connectivity index (χ4n) is 1.84. The van der Waals surface area contributed by atoms with Crippen molar-refractivity contribution in [3.8, 4) is 11.5 Å². The van der Waals surface area contributed by atoms with E-state index in [0.29, 0.717) is 16.2 Å². The smallest absolute Gasteiger partial charge is 0.435 e. The Bertz CT molecular complexity index is 611. The van der Waals surface area contributed by atoms with Gasteiger partial charge in [0.25, 0.3) is 0 Å². The maximum absolute atomic E-state index is 12.9. The molecule has 1 N–H and O–H groups in total. The summed E-state index contributed by atoms with van der Waals surface area (Å²) in [6, 6.07) is 6.64. The summed E-state index contributed by atoms with van der Waals surface area (Å²) in [6.45, 7) is -0.994. The lowest BCUT2D eigenvalue weighted by atomic mass is 10.3. The van der Waals surface area contributed by atoms with E-state index in [1.807, 2.05) is 0 Å². The number of hydrogen-bond acceptors (Lipinski definition) is 5. The number of benzene rings is 1. The summed E-state index contributed by atoms with van der Waals surface area (Å²) >= 11 is 0. The zero-order chi connectivity index (χ0) is 16.2. The summed E-state index contributed by atoms with van der Waals surface area (Å²) in [5, 5.41) is 15.6. The van der Waals surface area contributed by atoms with E-state index in [1.165, 1.54) is 7.11 Å². The van der Waals surface area contributed by atoms with Crippen molar-refractivity contribution in [2.24, 2.45) is 0 Å². The highest BCUT2D eigenvalue weighted by Crippen LogP contribution is 2.31. The van der Waals surface area contributed by atoms with Gasteiger partial charge in [-0.05, 0) is 24.3 Å². The first-order valence-corrected chi connectivity index (χ1v) is 6.33. The largest absolute Gasteiger partial charge is 0.497 e. The first-order valence-electron chi connectivity index (χ1n) is 6.33. The Labute approximate surface area is 124 Å². The molecule has 0 radical (unpaired) electrons. The molecule has 6 nitrogen and oxygen atoms in total. The lowest BCUT2D eigenvalue weighted by Crippen LogP contribution is -2.19. The standard InChI is InChI=1S/C13H14F3N3O3/c1-21-9-2-4-10(5-3-9)22-7-6-19-12(13(14,15)16)11(8-20)17-18-19/h2-5,20H,6-8H2,1H3. The summed E-state index contributed by atoms with van der Waals surface area (Å²) in [4.78, 5) is 0. The molecule has 0 saturated heterocycles. The molecule has 0 atom stereocenters. The van der Waals surface area contributed by atoms with E-state index < -0.39 is 24.2 Å². The summed E-state index contributed by atoms with van der Waals surface area (Å²) < 4.78 is 49.7. The van der Waals surface area contributed by atoms with E-state index in [4.69, 9.17) is 14.6 Å². The van der Waals surface area contributed by atoms with Gasteiger partial charge in [0.1, 0.15) is 23.8 Å². The van der Waals surface area contributed by atoms with Gasteiger partial charge in [0.2, 0.25) is 0 Å². The van der Waals surface area contributed by atoms with Crippen LogP contribution >= 0.6 is 0 Å². The fourth-order valence-corrected chi connectivity index (χ4v) is 1.84. The van der Waals surface area contributed by atoms with Crippen LogP contribution in [0.2, 0.25) is 0 Å². The quantitative estimate of drug-likeness (QED) is 0.881. The van der Waals surface area contributed by atoms with Gasteiger partial charge < -0.3 is 14.6 Å². The van der Waals surface area contributed by atoms with Crippen LogP contribution in [0.25, 0.3) is 0 Å². The highest BCUT2D eigenvalue weighted by atomic mass is 19.4. The zero-order valence-electron chi connectivity index (χ0n) is 11.7. The number of aliphatic hydroxyl groups is 1. The number of aliphatic hydroxyl groups excluding tert-OH is 1. The predicted octanol–water partition coefficient (Wildman–Crippen LogP) is 1.88. The Morgan fingerprint density at radius 2 is 1.82 bits per heavy atom. The molecule has 0 amide bonds. The first kappa shape index (κ1) is 16.1. The maximum Gasteiger partial charge on any atom is 0.435 e. The van der Waals surface area contributed by atoms with E-state index in [2.05, 4.69) is 10.3 Å². The minimum Gasteiger partial charge on any atom is -0.497 e. The average molecular weight is 317 g/mol. The Hall–Kier alpha value is -2.29. The van der Waals surface area contributed by atoms with Gasteiger partial charge in [-0.3, -0.25) is 0 Å². The molecule has 1 aromatic carbocycles. The number of hydrogen-bond donors (Lipinski definition) is 1. The van der Waals surface area contributed by atoms with Crippen LogP contribution in [0.4, 0.5) is 13.2 Å².